The molecule has 0 spiro atoms. The molecular formula is C25H22F2N4O4. The fourth-order valence-corrected chi connectivity index (χ4v) is 3.74. The van der Waals surface area contributed by atoms with Crippen LogP contribution in [0.1, 0.15) is 47.4 Å². The van der Waals surface area contributed by atoms with E-state index in [0.717, 1.165) is 24.6 Å². The molecule has 3 aromatic heterocycles. The fraction of sp³-hybridized carbons (Fsp3) is 0.240. The van der Waals surface area contributed by atoms with E-state index in [4.69, 9.17) is 4.74 Å². The molecule has 0 N–H and O–H groups in total. The van der Waals surface area contributed by atoms with Crippen molar-refractivity contribution < 1.29 is 23.1 Å². The highest BCUT2D eigenvalue weighted by molar-refractivity contribution is 5.97. The lowest BCUT2D eigenvalue weighted by atomic mass is 10.1. The molecule has 1 aromatic carbocycles. The van der Waals surface area contributed by atoms with Crippen molar-refractivity contribution in [2.24, 2.45) is 4.99 Å². The number of esters is 1. The van der Waals surface area contributed by atoms with Gasteiger partial charge in [0, 0.05) is 12.7 Å². The van der Waals surface area contributed by atoms with Gasteiger partial charge in [-0.3, -0.25) is 14.0 Å². The van der Waals surface area contributed by atoms with Crippen molar-refractivity contribution >= 4 is 28.6 Å². The summed E-state index contributed by atoms with van der Waals surface area (Å²) in [5.41, 5.74) is -1.13. The van der Waals surface area contributed by atoms with E-state index in [1.165, 1.54) is 15.0 Å². The summed E-state index contributed by atoms with van der Waals surface area (Å²) < 4.78 is 36.5. The summed E-state index contributed by atoms with van der Waals surface area (Å²) in [5.74, 6) is -4.22. The van der Waals surface area contributed by atoms with E-state index < -0.39 is 34.6 Å². The summed E-state index contributed by atoms with van der Waals surface area (Å²) in [6, 6.07) is 9.30. The van der Waals surface area contributed by atoms with Crippen LogP contribution in [-0.4, -0.2) is 32.4 Å². The molecule has 0 radical (unpaired) electrons. The van der Waals surface area contributed by atoms with Crippen molar-refractivity contribution in [2.45, 2.75) is 33.2 Å². The minimum atomic E-state index is -1.21. The van der Waals surface area contributed by atoms with Crippen LogP contribution in [-0.2, 0) is 11.3 Å². The SMILES string of the molecule is CCCCn1c(=NC(=O)c2c(F)cccc2F)c(C(=O)OCC)cc2c(=O)n3ccccc3nc21. The van der Waals surface area contributed by atoms with Crippen LogP contribution < -0.4 is 11.0 Å². The summed E-state index contributed by atoms with van der Waals surface area (Å²) in [4.78, 5) is 47.6. The van der Waals surface area contributed by atoms with Gasteiger partial charge in [-0.15, -0.1) is 0 Å². The molecule has 180 valence electrons. The Hall–Kier alpha value is -4.21. The van der Waals surface area contributed by atoms with E-state index >= 15 is 0 Å². The van der Waals surface area contributed by atoms with Crippen LogP contribution in [0.4, 0.5) is 8.78 Å². The third-order valence-corrected chi connectivity index (χ3v) is 5.40. The van der Waals surface area contributed by atoms with Gasteiger partial charge in [-0.2, -0.15) is 4.99 Å². The molecule has 4 rings (SSSR count). The average Bonchev–Trinajstić information content (AvgIpc) is 2.83. The molecule has 0 saturated heterocycles. The molecule has 0 fully saturated rings. The van der Waals surface area contributed by atoms with Gasteiger partial charge in [0.25, 0.3) is 11.5 Å². The fourth-order valence-electron chi connectivity index (χ4n) is 3.74. The van der Waals surface area contributed by atoms with Gasteiger partial charge in [-0.1, -0.05) is 25.5 Å². The number of amides is 1. The maximum atomic E-state index is 14.3. The molecule has 0 aliphatic heterocycles. The number of aryl methyl sites for hydroxylation is 1. The van der Waals surface area contributed by atoms with E-state index in [2.05, 4.69) is 9.98 Å². The predicted molar refractivity (Wildman–Crippen MR) is 124 cm³/mol. The smallest absolute Gasteiger partial charge is 0.341 e. The topological polar surface area (TPSA) is 95.0 Å². The van der Waals surface area contributed by atoms with Crippen LogP contribution in [0.3, 0.4) is 0 Å². The van der Waals surface area contributed by atoms with Crippen molar-refractivity contribution in [3.63, 3.8) is 0 Å². The Morgan fingerprint density at radius 1 is 1.09 bits per heavy atom. The molecular weight excluding hydrogens is 458 g/mol. The number of nitrogens with zero attached hydrogens (tertiary/aromatic N) is 4. The van der Waals surface area contributed by atoms with E-state index in [9.17, 15) is 23.2 Å². The number of benzene rings is 1. The third-order valence-electron chi connectivity index (χ3n) is 5.40. The molecule has 8 nitrogen and oxygen atoms in total. The van der Waals surface area contributed by atoms with E-state index in [1.807, 2.05) is 6.92 Å². The van der Waals surface area contributed by atoms with Gasteiger partial charge in [0.05, 0.1) is 12.0 Å². The lowest BCUT2D eigenvalue weighted by Crippen LogP contribution is -2.33. The van der Waals surface area contributed by atoms with Crippen molar-refractivity contribution in [3.05, 3.63) is 87.3 Å². The highest BCUT2D eigenvalue weighted by Gasteiger charge is 2.22. The van der Waals surface area contributed by atoms with Gasteiger partial charge in [-0.05, 0) is 43.7 Å². The second kappa shape index (κ2) is 9.96. The second-order valence-corrected chi connectivity index (χ2v) is 7.70. The van der Waals surface area contributed by atoms with Crippen molar-refractivity contribution in [3.8, 4) is 0 Å². The highest BCUT2D eigenvalue weighted by Crippen LogP contribution is 2.15. The Bertz CT molecular complexity index is 1570. The van der Waals surface area contributed by atoms with E-state index in [0.29, 0.717) is 12.1 Å². The van der Waals surface area contributed by atoms with E-state index in [1.54, 1.807) is 31.3 Å². The maximum absolute atomic E-state index is 14.3. The molecule has 0 atom stereocenters. The van der Waals surface area contributed by atoms with Crippen LogP contribution in [0.25, 0.3) is 16.7 Å². The molecule has 35 heavy (non-hydrogen) atoms. The third kappa shape index (κ3) is 4.46. The van der Waals surface area contributed by atoms with Crippen LogP contribution in [0.15, 0.2) is 58.4 Å². The van der Waals surface area contributed by atoms with Gasteiger partial charge in [0.1, 0.15) is 34.1 Å². The Morgan fingerprint density at radius 3 is 2.51 bits per heavy atom. The van der Waals surface area contributed by atoms with Crippen molar-refractivity contribution in [2.75, 3.05) is 6.61 Å². The summed E-state index contributed by atoms with van der Waals surface area (Å²) in [5, 5.41) is 0.108. The number of carbonyl (C=O) groups is 2. The molecule has 4 aromatic rings. The summed E-state index contributed by atoms with van der Waals surface area (Å²) in [6.07, 6.45) is 2.87. The molecule has 0 bridgehead atoms. The first kappa shape index (κ1) is 23.9. The molecule has 10 heteroatoms. The number of hydrogen-bond donors (Lipinski definition) is 0. The largest absolute Gasteiger partial charge is 0.462 e. The monoisotopic (exact) mass is 480 g/mol. The zero-order valence-corrected chi connectivity index (χ0v) is 19.1. The summed E-state index contributed by atoms with van der Waals surface area (Å²) >= 11 is 0. The number of unbranched alkanes of at least 4 members (excludes halogenated alkanes) is 1. The Balaban J connectivity index is 2.14. The highest BCUT2D eigenvalue weighted by atomic mass is 19.1. The normalized spacial score (nSPS) is 11.8. The molecule has 0 unspecified atom stereocenters. The zero-order valence-electron chi connectivity index (χ0n) is 19.1. The first-order chi connectivity index (χ1) is 16.9. The number of halogens is 2. The standard InChI is InChI=1S/C25H22F2N4O4/c1-3-5-12-31-21-15(24(33)30-13-7-6-11-19(30)28-21)14-16(25(34)35-4-2)22(31)29-23(32)20-17(26)9-8-10-18(20)27/h6-11,13-14H,3-5,12H2,1-2H3. The van der Waals surface area contributed by atoms with Gasteiger partial charge in [0.2, 0.25) is 0 Å². The van der Waals surface area contributed by atoms with Crippen LogP contribution in [0.5, 0.6) is 0 Å². The van der Waals surface area contributed by atoms with Crippen LogP contribution in [0.2, 0.25) is 0 Å². The number of aromatic nitrogens is 3. The second-order valence-electron chi connectivity index (χ2n) is 7.70. The molecule has 3 heterocycles. The number of carbonyl (C=O) groups excluding carboxylic acids is 2. The van der Waals surface area contributed by atoms with Gasteiger partial charge in [0.15, 0.2) is 5.49 Å². The lowest BCUT2D eigenvalue weighted by Gasteiger charge is -2.15. The minimum absolute atomic E-state index is 0.0239. The Labute approximate surface area is 198 Å². The first-order valence-electron chi connectivity index (χ1n) is 11.1. The summed E-state index contributed by atoms with van der Waals surface area (Å²) in [6.45, 7) is 3.80. The van der Waals surface area contributed by atoms with Crippen LogP contribution in [0, 0.1) is 11.6 Å². The van der Waals surface area contributed by atoms with Crippen molar-refractivity contribution in [1.29, 1.82) is 0 Å². The number of ether oxygens (including phenoxy) is 1. The molecule has 0 aliphatic rings. The van der Waals surface area contributed by atoms with Gasteiger partial charge >= 0.3 is 5.97 Å². The van der Waals surface area contributed by atoms with E-state index in [-0.39, 0.29) is 35.2 Å². The summed E-state index contributed by atoms with van der Waals surface area (Å²) in [7, 11) is 0. The average molecular weight is 480 g/mol. The Kier molecular flexibility index (Phi) is 6.81. The Morgan fingerprint density at radius 2 is 1.83 bits per heavy atom. The molecule has 0 aliphatic carbocycles. The lowest BCUT2D eigenvalue weighted by molar-refractivity contribution is 0.0523. The predicted octanol–water partition coefficient (Wildman–Crippen LogP) is 3.65. The zero-order chi connectivity index (χ0) is 25.1. The first-order valence-corrected chi connectivity index (χ1v) is 11.1. The minimum Gasteiger partial charge on any atom is -0.462 e. The number of pyridine rings is 2. The van der Waals surface area contributed by atoms with Crippen molar-refractivity contribution in [1.82, 2.24) is 14.0 Å². The number of rotatable bonds is 6. The number of hydrogen-bond acceptors (Lipinski definition) is 5. The van der Waals surface area contributed by atoms with Crippen LogP contribution >= 0.6 is 0 Å². The van der Waals surface area contributed by atoms with Gasteiger partial charge < -0.3 is 9.30 Å². The number of fused-ring (bicyclic) bond motifs is 2. The quantitative estimate of drug-likeness (QED) is 0.310. The molecule has 1 amide bonds. The maximum Gasteiger partial charge on any atom is 0.341 e. The van der Waals surface area contributed by atoms with Gasteiger partial charge in [-0.25, -0.2) is 18.6 Å². The molecule has 0 saturated carbocycles.